The highest BCUT2D eigenvalue weighted by molar-refractivity contribution is 5.78. The number of hydrogen-bond acceptors (Lipinski definition) is 3. The molecule has 1 fully saturated rings. The molecule has 1 saturated heterocycles. The Morgan fingerprint density at radius 2 is 2.37 bits per heavy atom. The number of ether oxygens (including phenoxy) is 1. The lowest BCUT2D eigenvalue weighted by molar-refractivity contribution is -0.126. The van der Waals surface area contributed by atoms with Crippen molar-refractivity contribution < 1.29 is 9.53 Å². The van der Waals surface area contributed by atoms with E-state index in [0.29, 0.717) is 13.0 Å². The quantitative estimate of drug-likeness (QED) is 0.892. The minimum Gasteiger partial charge on any atom is -0.380 e. The lowest BCUT2D eigenvalue weighted by Crippen LogP contribution is -2.48. The smallest absolute Gasteiger partial charge is 0.226 e. The zero-order chi connectivity index (χ0) is 13.3. The summed E-state index contributed by atoms with van der Waals surface area (Å²) in [5.41, 5.74) is 1.76. The second-order valence-electron chi connectivity index (χ2n) is 5.46. The molecule has 0 aliphatic carbocycles. The zero-order valence-corrected chi connectivity index (χ0v) is 10.9. The van der Waals surface area contributed by atoms with Crippen molar-refractivity contribution in [2.45, 2.75) is 13.3 Å². The van der Waals surface area contributed by atoms with Crippen molar-refractivity contribution in [3.8, 4) is 0 Å². The topological polar surface area (TPSA) is 55.6 Å². The fourth-order valence-electron chi connectivity index (χ4n) is 2.16. The summed E-state index contributed by atoms with van der Waals surface area (Å²) in [5.74, 6) is 0.0107. The van der Waals surface area contributed by atoms with Crippen LogP contribution in [0.3, 0.4) is 0 Å². The van der Waals surface area contributed by atoms with Crippen molar-refractivity contribution in [3.63, 3.8) is 0 Å². The number of imidazole rings is 1. The lowest BCUT2D eigenvalue weighted by atomic mass is 9.89. The monoisotopic (exact) mass is 259 g/mol. The summed E-state index contributed by atoms with van der Waals surface area (Å²) in [4.78, 5) is 16.3. The predicted octanol–water partition coefficient (Wildman–Crippen LogP) is 1.03. The largest absolute Gasteiger partial charge is 0.380 e. The molecule has 2 aromatic heterocycles. The normalized spacial score (nSPS) is 17.1. The van der Waals surface area contributed by atoms with Crippen LogP contribution in [0.5, 0.6) is 0 Å². The Morgan fingerprint density at radius 1 is 1.53 bits per heavy atom. The number of fused-ring (bicyclic) bond motifs is 1. The molecule has 19 heavy (non-hydrogen) atoms. The Kier molecular flexibility index (Phi) is 2.98. The average molecular weight is 259 g/mol. The van der Waals surface area contributed by atoms with Crippen LogP contribution < -0.4 is 5.32 Å². The van der Waals surface area contributed by atoms with Gasteiger partial charge in [-0.1, -0.05) is 13.0 Å². The van der Waals surface area contributed by atoms with E-state index in [0.717, 1.165) is 24.6 Å². The molecule has 1 N–H and O–H groups in total. The van der Waals surface area contributed by atoms with E-state index in [1.54, 1.807) is 0 Å². The van der Waals surface area contributed by atoms with Gasteiger partial charge in [-0.15, -0.1) is 0 Å². The highest BCUT2D eigenvalue weighted by atomic mass is 16.5. The van der Waals surface area contributed by atoms with Gasteiger partial charge in [0.05, 0.1) is 25.3 Å². The molecule has 2 aromatic rings. The molecule has 0 spiro atoms. The van der Waals surface area contributed by atoms with Gasteiger partial charge in [-0.3, -0.25) is 4.79 Å². The van der Waals surface area contributed by atoms with Crippen LogP contribution in [0.25, 0.3) is 5.65 Å². The molecule has 0 unspecified atom stereocenters. The number of nitrogens with zero attached hydrogens (tertiary/aromatic N) is 2. The average Bonchev–Trinajstić information content (AvgIpc) is 2.76. The fraction of sp³-hybridized carbons (Fsp3) is 0.429. The van der Waals surface area contributed by atoms with Gasteiger partial charge in [0.1, 0.15) is 5.65 Å². The molecule has 5 nitrogen and oxygen atoms in total. The van der Waals surface area contributed by atoms with Crippen LogP contribution in [-0.4, -0.2) is 35.1 Å². The first kappa shape index (κ1) is 12.2. The highest BCUT2D eigenvalue weighted by Gasteiger charge is 2.33. The minimum absolute atomic E-state index is 0.0107. The summed E-state index contributed by atoms with van der Waals surface area (Å²) < 4.78 is 7.08. The third-order valence-corrected chi connectivity index (χ3v) is 3.37. The van der Waals surface area contributed by atoms with E-state index in [1.807, 2.05) is 35.0 Å². The van der Waals surface area contributed by atoms with Crippen molar-refractivity contribution in [1.82, 2.24) is 14.7 Å². The Balaban J connectivity index is 1.59. The third-order valence-electron chi connectivity index (χ3n) is 3.37. The van der Waals surface area contributed by atoms with E-state index in [1.165, 1.54) is 0 Å². The number of amides is 1. The summed E-state index contributed by atoms with van der Waals surface area (Å²) in [6, 6.07) is 5.80. The lowest BCUT2D eigenvalue weighted by Gasteiger charge is -2.37. The number of hydrogen-bond donors (Lipinski definition) is 1. The molecular weight excluding hydrogens is 242 g/mol. The molecule has 1 amide bonds. The molecule has 3 heterocycles. The molecule has 1 aliphatic rings. The van der Waals surface area contributed by atoms with Gasteiger partial charge in [0, 0.05) is 24.4 Å². The van der Waals surface area contributed by atoms with Crippen LogP contribution in [0, 0.1) is 5.41 Å². The molecule has 0 saturated carbocycles. The first-order chi connectivity index (χ1) is 9.15. The van der Waals surface area contributed by atoms with Crippen molar-refractivity contribution >= 4 is 11.6 Å². The van der Waals surface area contributed by atoms with Gasteiger partial charge in [-0.25, -0.2) is 4.98 Å². The number of rotatable bonds is 4. The summed E-state index contributed by atoms with van der Waals surface area (Å²) in [7, 11) is 0. The van der Waals surface area contributed by atoms with Crippen LogP contribution in [0.15, 0.2) is 30.6 Å². The first-order valence-electron chi connectivity index (χ1n) is 6.42. The van der Waals surface area contributed by atoms with Crippen LogP contribution in [-0.2, 0) is 16.0 Å². The predicted molar refractivity (Wildman–Crippen MR) is 70.8 cm³/mol. The number of nitrogens with one attached hydrogen (secondary N) is 1. The minimum atomic E-state index is 0.0107. The van der Waals surface area contributed by atoms with Crippen LogP contribution in [0.2, 0.25) is 0 Å². The summed E-state index contributed by atoms with van der Waals surface area (Å²) in [5, 5.41) is 2.95. The van der Waals surface area contributed by atoms with Crippen LogP contribution in [0.1, 0.15) is 12.6 Å². The van der Waals surface area contributed by atoms with Crippen molar-refractivity contribution in [2.75, 3.05) is 19.8 Å². The number of aromatic nitrogens is 2. The Hall–Kier alpha value is -1.88. The van der Waals surface area contributed by atoms with Crippen molar-refractivity contribution in [3.05, 3.63) is 36.3 Å². The second-order valence-corrected chi connectivity index (χ2v) is 5.46. The van der Waals surface area contributed by atoms with Gasteiger partial charge in [-0.2, -0.15) is 0 Å². The first-order valence-corrected chi connectivity index (χ1v) is 6.42. The highest BCUT2D eigenvalue weighted by Crippen LogP contribution is 2.25. The summed E-state index contributed by atoms with van der Waals surface area (Å²) >= 11 is 0. The maximum atomic E-state index is 11.9. The van der Waals surface area contributed by atoms with Crippen LogP contribution >= 0.6 is 0 Å². The van der Waals surface area contributed by atoms with Gasteiger partial charge in [0.2, 0.25) is 5.91 Å². The van der Waals surface area contributed by atoms with E-state index in [9.17, 15) is 4.79 Å². The number of pyridine rings is 1. The van der Waals surface area contributed by atoms with Gasteiger partial charge >= 0.3 is 0 Å². The molecule has 100 valence electrons. The van der Waals surface area contributed by atoms with Gasteiger partial charge in [-0.05, 0) is 12.1 Å². The van der Waals surface area contributed by atoms with Gasteiger partial charge in [0.25, 0.3) is 0 Å². The maximum Gasteiger partial charge on any atom is 0.226 e. The van der Waals surface area contributed by atoms with Crippen molar-refractivity contribution in [2.24, 2.45) is 5.41 Å². The SMILES string of the molecule is CC1(CNC(=O)Cc2cn3ccccc3n2)COC1. The molecule has 0 aromatic carbocycles. The van der Waals surface area contributed by atoms with E-state index >= 15 is 0 Å². The molecule has 0 radical (unpaired) electrons. The van der Waals surface area contributed by atoms with Gasteiger partial charge in [0.15, 0.2) is 0 Å². The number of carbonyl (C=O) groups is 1. The molecule has 0 atom stereocenters. The molecule has 3 rings (SSSR count). The molecular formula is C14H17N3O2. The standard InChI is InChI=1S/C14H17N3O2/c1-14(9-19-10-14)8-15-13(18)6-11-7-17-5-3-2-4-12(17)16-11/h2-5,7H,6,8-10H2,1H3,(H,15,18). The maximum absolute atomic E-state index is 11.9. The van der Waals surface area contributed by atoms with E-state index in [-0.39, 0.29) is 11.3 Å². The molecule has 1 aliphatic heterocycles. The Morgan fingerprint density at radius 3 is 3.05 bits per heavy atom. The van der Waals surface area contributed by atoms with Crippen LogP contribution in [0.4, 0.5) is 0 Å². The van der Waals surface area contributed by atoms with E-state index in [4.69, 9.17) is 4.74 Å². The second kappa shape index (κ2) is 4.66. The van der Waals surface area contributed by atoms with Gasteiger partial charge < -0.3 is 14.5 Å². The molecule has 5 heteroatoms. The Bertz CT molecular complexity index is 569. The number of carbonyl (C=O) groups excluding carboxylic acids is 1. The third kappa shape index (κ3) is 2.61. The summed E-state index contributed by atoms with van der Waals surface area (Å²) in [6.45, 7) is 4.23. The van der Waals surface area contributed by atoms with E-state index < -0.39 is 0 Å². The Labute approximate surface area is 111 Å². The van der Waals surface area contributed by atoms with Crippen molar-refractivity contribution in [1.29, 1.82) is 0 Å². The van der Waals surface area contributed by atoms with E-state index in [2.05, 4.69) is 17.2 Å². The molecule has 0 bridgehead atoms. The summed E-state index contributed by atoms with van der Waals surface area (Å²) in [6.07, 6.45) is 4.14. The fourth-order valence-corrected chi connectivity index (χ4v) is 2.16. The zero-order valence-electron chi connectivity index (χ0n) is 10.9.